The molecule has 2 N–H and O–H groups in total. The van der Waals surface area contributed by atoms with E-state index in [0.29, 0.717) is 16.7 Å². The van der Waals surface area contributed by atoms with Gasteiger partial charge in [0.2, 0.25) is 0 Å². The van der Waals surface area contributed by atoms with Gasteiger partial charge in [-0.15, -0.1) is 5.10 Å². The van der Waals surface area contributed by atoms with E-state index >= 15 is 0 Å². The number of carbonyl (C=O) groups is 1. The van der Waals surface area contributed by atoms with Gasteiger partial charge in [0.05, 0.1) is 12.1 Å². The Labute approximate surface area is 151 Å². The number of benzene rings is 1. The summed E-state index contributed by atoms with van der Waals surface area (Å²) in [7, 11) is 1.68. The Morgan fingerprint density at radius 1 is 1.32 bits per heavy atom. The molecule has 2 atom stereocenters. The van der Waals surface area contributed by atoms with Crippen LogP contribution in [0.1, 0.15) is 13.8 Å². The molecule has 1 aliphatic rings. The summed E-state index contributed by atoms with van der Waals surface area (Å²) in [6.45, 7) is 5.88. The number of hydrogen-bond donors (Lipinski definition) is 2. The van der Waals surface area contributed by atoms with Gasteiger partial charge >= 0.3 is 6.03 Å². The first-order chi connectivity index (χ1) is 12.1. The zero-order valence-electron chi connectivity index (χ0n) is 14.6. The molecule has 2 aromatic rings. The summed E-state index contributed by atoms with van der Waals surface area (Å²) in [4.78, 5) is 14.7. The molecule has 1 aromatic carbocycles. The number of likely N-dealkylation sites (tertiary alicyclic amines) is 1. The van der Waals surface area contributed by atoms with Crippen LogP contribution in [0.15, 0.2) is 30.3 Å². The Hall–Kier alpha value is -2.03. The molecular formula is C17H23N5O2S. The molecule has 1 aromatic heterocycles. The van der Waals surface area contributed by atoms with Crippen LogP contribution in [0.5, 0.6) is 0 Å². The Bertz CT molecular complexity index is 706. The van der Waals surface area contributed by atoms with Gasteiger partial charge in [0, 0.05) is 43.3 Å². The second kappa shape index (κ2) is 7.90. The third-order valence-corrected chi connectivity index (χ3v) is 5.05. The van der Waals surface area contributed by atoms with Crippen LogP contribution in [0, 0.1) is 0 Å². The summed E-state index contributed by atoms with van der Waals surface area (Å²) in [5.74, 6) is 0. The average Bonchev–Trinajstić information content (AvgIpc) is 3.22. The van der Waals surface area contributed by atoms with E-state index in [2.05, 4.69) is 39.0 Å². The van der Waals surface area contributed by atoms with E-state index < -0.39 is 0 Å². The molecule has 1 saturated heterocycles. The number of carbonyl (C=O) groups excluding carboxylic acids is 1. The van der Waals surface area contributed by atoms with Crippen molar-refractivity contribution < 1.29 is 9.53 Å². The quantitative estimate of drug-likeness (QED) is 0.855. The normalized spacial score (nSPS) is 20.8. The molecule has 2 heterocycles. The summed E-state index contributed by atoms with van der Waals surface area (Å²) in [5, 5.41) is 10.7. The van der Waals surface area contributed by atoms with Gasteiger partial charge in [0.15, 0.2) is 0 Å². The highest BCUT2D eigenvalue weighted by atomic mass is 32.1. The standard InChI is InChI=1S/C17H23N5O2S/c1-11(2)22-9-13(14(10-22)24-3)18-17(23)19-16-15(20-21-25-16)12-7-5-4-6-8-12/h4-8,11,13-14H,9-10H2,1-3H3,(H2,18,19,23)/t13-,14-/m0/s1. The zero-order chi connectivity index (χ0) is 17.8. The lowest BCUT2D eigenvalue weighted by molar-refractivity contribution is 0.0896. The van der Waals surface area contributed by atoms with E-state index in [0.717, 1.165) is 18.7 Å². The maximum Gasteiger partial charge on any atom is 0.320 e. The fourth-order valence-electron chi connectivity index (χ4n) is 2.97. The molecule has 0 unspecified atom stereocenters. The maximum absolute atomic E-state index is 12.4. The molecule has 1 aliphatic heterocycles. The first kappa shape index (κ1) is 17.8. The van der Waals surface area contributed by atoms with Crippen molar-refractivity contribution in [1.82, 2.24) is 19.8 Å². The van der Waals surface area contributed by atoms with Gasteiger partial charge < -0.3 is 10.1 Å². The first-order valence-electron chi connectivity index (χ1n) is 8.30. The molecule has 7 nitrogen and oxygen atoms in total. The Morgan fingerprint density at radius 2 is 2.08 bits per heavy atom. The predicted molar refractivity (Wildman–Crippen MR) is 98.8 cm³/mol. The first-order valence-corrected chi connectivity index (χ1v) is 9.08. The molecule has 0 radical (unpaired) electrons. The van der Waals surface area contributed by atoms with Crippen molar-refractivity contribution in [1.29, 1.82) is 0 Å². The van der Waals surface area contributed by atoms with Gasteiger partial charge in [-0.1, -0.05) is 34.8 Å². The highest BCUT2D eigenvalue weighted by Crippen LogP contribution is 2.28. The van der Waals surface area contributed by atoms with Crippen LogP contribution in [0.25, 0.3) is 11.3 Å². The lowest BCUT2D eigenvalue weighted by Crippen LogP contribution is -2.45. The molecule has 0 saturated carbocycles. The van der Waals surface area contributed by atoms with E-state index in [4.69, 9.17) is 4.74 Å². The van der Waals surface area contributed by atoms with E-state index in [1.165, 1.54) is 11.5 Å². The minimum absolute atomic E-state index is 0.0127. The Kier molecular flexibility index (Phi) is 5.62. The highest BCUT2D eigenvalue weighted by molar-refractivity contribution is 7.10. The van der Waals surface area contributed by atoms with Crippen molar-refractivity contribution in [2.24, 2.45) is 0 Å². The van der Waals surface area contributed by atoms with Gasteiger partial charge in [-0.2, -0.15) is 0 Å². The number of rotatable bonds is 5. The Morgan fingerprint density at radius 3 is 2.76 bits per heavy atom. The van der Waals surface area contributed by atoms with Gasteiger partial charge in [-0.05, 0) is 13.8 Å². The van der Waals surface area contributed by atoms with E-state index in [1.807, 2.05) is 30.3 Å². The summed E-state index contributed by atoms with van der Waals surface area (Å²) in [5.41, 5.74) is 1.60. The molecule has 0 spiro atoms. The fourth-order valence-corrected chi connectivity index (χ4v) is 3.55. The van der Waals surface area contributed by atoms with E-state index in [1.54, 1.807) is 7.11 Å². The topological polar surface area (TPSA) is 79.4 Å². The fraction of sp³-hybridized carbons (Fsp3) is 0.471. The van der Waals surface area contributed by atoms with Crippen molar-refractivity contribution in [3.05, 3.63) is 30.3 Å². The van der Waals surface area contributed by atoms with Crippen molar-refractivity contribution in [2.45, 2.75) is 32.0 Å². The molecule has 8 heteroatoms. The number of methoxy groups -OCH3 is 1. The maximum atomic E-state index is 12.4. The van der Waals surface area contributed by atoms with Crippen molar-refractivity contribution in [3.8, 4) is 11.3 Å². The minimum Gasteiger partial charge on any atom is -0.378 e. The number of ether oxygens (including phenoxy) is 1. The molecule has 0 bridgehead atoms. The zero-order valence-corrected chi connectivity index (χ0v) is 15.4. The molecule has 1 fully saturated rings. The number of aromatic nitrogens is 2. The molecule has 0 aliphatic carbocycles. The molecule has 25 heavy (non-hydrogen) atoms. The van der Waals surface area contributed by atoms with Crippen LogP contribution in [0.2, 0.25) is 0 Å². The van der Waals surface area contributed by atoms with Gasteiger partial charge in [-0.3, -0.25) is 10.2 Å². The summed E-state index contributed by atoms with van der Waals surface area (Å²) in [6.07, 6.45) is -0.0127. The summed E-state index contributed by atoms with van der Waals surface area (Å²) < 4.78 is 9.49. The SMILES string of the molecule is CO[C@H]1CN(C(C)C)C[C@@H]1NC(=O)Nc1snnc1-c1ccccc1. The molecular weight excluding hydrogens is 338 g/mol. The average molecular weight is 361 g/mol. The lowest BCUT2D eigenvalue weighted by Gasteiger charge is -2.20. The second-order valence-corrected chi connectivity index (χ2v) is 7.10. The van der Waals surface area contributed by atoms with Crippen LogP contribution < -0.4 is 10.6 Å². The number of urea groups is 1. The highest BCUT2D eigenvalue weighted by Gasteiger charge is 2.35. The second-order valence-electron chi connectivity index (χ2n) is 6.34. The molecule has 134 valence electrons. The van der Waals surface area contributed by atoms with Crippen molar-refractivity contribution in [2.75, 3.05) is 25.5 Å². The van der Waals surface area contributed by atoms with Crippen LogP contribution in [0.3, 0.4) is 0 Å². The summed E-state index contributed by atoms with van der Waals surface area (Å²) >= 11 is 1.17. The van der Waals surface area contributed by atoms with Crippen LogP contribution >= 0.6 is 11.5 Å². The third-order valence-electron chi connectivity index (χ3n) is 4.41. The van der Waals surface area contributed by atoms with E-state index in [-0.39, 0.29) is 18.2 Å². The van der Waals surface area contributed by atoms with Crippen LogP contribution in [0.4, 0.5) is 9.80 Å². The number of nitrogens with one attached hydrogen (secondary N) is 2. The summed E-state index contributed by atoms with van der Waals surface area (Å²) in [6, 6.07) is 9.80. The number of anilines is 1. The largest absolute Gasteiger partial charge is 0.378 e. The third kappa shape index (κ3) is 4.15. The smallest absolute Gasteiger partial charge is 0.320 e. The van der Waals surface area contributed by atoms with Gasteiger partial charge in [-0.25, -0.2) is 4.79 Å². The van der Waals surface area contributed by atoms with E-state index in [9.17, 15) is 4.79 Å². The van der Waals surface area contributed by atoms with Crippen molar-refractivity contribution >= 4 is 22.6 Å². The molecule has 3 rings (SSSR count). The molecule has 2 amide bonds. The number of hydrogen-bond acceptors (Lipinski definition) is 6. The Balaban J connectivity index is 1.65. The van der Waals surface area contributed by atoms with Crippen LogP contribution in [-0.2, 0) is 4.74 Å². The predicted octanol–water partition coefficient (Wildman–Crippen LogP) is 2.43. The number of nitrogens with zero attached hydrogens (tertiary/aromatic N) is 3. The van der Waals surface area contributed by atoms with Crippen LogP contribution in [-0.4, -0.2) is 58.9 Å². The van der Waals surface area contributed by atoms with Crippen molar-refractivity contribution in [3.63, 3.8) is 0 Å². The van der Waals surface area contributed by atoms with Gasteiger partial charge in [0.1, 0.15) is 10.7 Å². The van der Waals surface area contributed by atoms with Gasteiger partial charge in [0.25, 0.3) is 0 Å². The minimum atomic E-state index is -0.263. The number of amides is 2. The lowest BCUT2D eigenvalue weighted by atomic mass is 10.2. The monoisotopic (exact) mass is 361 g/mol.